The second kappa shape index (κ2) is 5.94. The fourth-order valence-corrected chi connectivity index (χ4v) is 3.14. The van der Waals surface area contributed by atoms with Gasteiger partial charge in [-0.15, -0.1) is 0 Å². The van der Waals surface area contributed by atoms with E-state index in [0.29, 0.717) is 28.6 Å². The lowest BCUT2D eigenvalue weighted by Crippen LogP contribution is -2.45. The van der Waals surface area contributed by atoms with Gasteiger partial charge in [0.25, 0.3) is 11.5 Å². The average molecular weight is 355 g/mol. The van der Waals surface area contributed by atoms with Crippen LogP contribution in [-0.2, 0) is 29.7 Å². The van der Waals surface area contributed by atoms with E-state index in [2.05, 4.69) is 9.97 Å². The van der Waals surface area contributed by atoms with E-state index in [1.54, 1.807) is 32.3 Å². The number of hydrogen-bond acceptors (Lipinski definition) is 6. The summed E-state index contributed by atoms with van der Waals surface area (Å²) in [6, 6.07) is 3.41. The number of nitrogens with zero attached hydrogens (tertiary/aromatic N) is 5. The first kappa shape index (κ1) is 16.2. The van der Waals surface area contributed by atoms with Crippen molar-refractivity contribution in [3.8, 4) is 5.75 Å². The maximum Gasteiger partial charge on any atom is 0.266 e. The molecule has 9 nitrogen and oxygen atoms in total. The molecule has 4 rings (SSSR count). The molecule has 0 bridgehead atoms. The molecule has 0 unspecified atom stereocenters. The first-order valence-corrected chi connectivity index (χ1v) is 8.17. The number of carbonyl (C=O) groups is 2. The zero-order valence-electron chi connectivity index (χ0n) is 14.4. The zero-order chi connectivity index (χ0) is 18.4. The number of aryl methyl sites for hydroxylation is 1. The predicted octanol–water partition coefficient (Wildman–Crippen LogP) is -0.248. The fraction of sp³-hybridized carbons (Fsp3) is 0.353. The molecule has 2 aliphatic heterocycles. The Kier molecular flexibility index (Phi) is 3.71. The molecule has 2 aromatic heterocycles. The van der Waals surface area contributed by atoms with E-state index in [4.69, 9.17) is 4.74 Å². The lowest BCUT2D eigenvalue weighted by molar-refractivity contribution is -0.132. The number of hydrogen-bond donors (Lipinski definition) is 0. The van der Waals surface area contributed by atoms with Gasteiger partial charge >= 0.3 is 0 Å². The molecule has 134 valence electrons. The molecule has 0 saturated carbocycles. The summed E-state index contributed by atoms with van der Waals surface area (Å²) >= 11 is 0. The number of ether oxygens (including phenoxy) is 1. The largest absolute Gasteiger partial charge is 0.480 e. The van der Waals surface area contributed by atoms with E-state index in [1.165, 1.54) is 14.4 Å². The van der Waals surface area contributed by atoms with Crippen LogP contribution in [0.15, 0.2) is 23.1 Å². The van der Waals surface area contributed by atoms with Gasteiger partial charge in [0.1, 0.15) is 12.4 Å². The minimum absolute atomic E-state index is 0.131. The van der Waals surface area contributed by atoms with Crippen LogP contribution in [0.5, 0.6) is 5.75 Å². The molecule has 0 spiro atoms. The van der Waals surface area contributed by atoms with Crippen molar-refractivity contribution in [2.24, 2.45) is 7.05 Å². The van der Waals surface area contributed by atoms with Crippen LogP contribution in [-0.4, -0.2) is 44.4 Å². The van der Waals surface area contributed by atoms with Crippen molar-refractivity contribution in [1.29, 1.82) is 0 Å². The Hall–Kier alpha value is -3.23. The lowest BCUT2D eigenvalue weighted by atomic mass is 10.2. The van der Waals surface area contributed by atoms with Crippen LogP contribution in [0.4, 0.5) is 5.82 Å². The Morgan fingerprint density at radius 1 is 1.31 bits per heavy atom. The quantitative estimate of drug-likeness (QED) is 0.737. The predicted molar refractivity (Wildman–Crippen MR) is 90.6 cm³/mol. The van der Waals surface area contributed by atoms with Crippen molar-refractivity contribution in [2.75, 3.05) is 18.1 Å². The minimum Gasteiger partial charge on any atom is -0.480 e. The molecule has 0 N–H and O–H groups in total. The highest BCUT2D eigenvalue weighted by atomic mass is 16.5. The summed E-state index contributed by atoms with van der Waals surface area (Å²) in [7, 11) is 1.66. The molecule has 0 radical (unpaired) electrons. The normalized spacial score (nSPS) is 15.5. The Balaban J connectivity index is 1.56. The summed E-state index contributed by atoms with van der Waals surface area (Å²) < 4.78 is 6.80. The van der Waals surface area contributed by atoms with Crippen LogP contribution in [0.3, 0.4) is 0 Å². The minimum atomic E-state index is -0.328. The number of fused-ring (bicyclic) bond motifs is 2. The summed E-state index contributed by atoms with van der Waals surface area (Å²) in [6.45, 7) is 1.93. The van der Waals surface area contributed by atoms with Gasteiger partial charge < -0.3 is 9.64 Å². The molecule has 0 atom stereocenters. The van der Waals surface area contributed by atoms with E-state index in [-0.39, 0.29) is 43.6 Å². The summed E-state index contributed by atoms with van der Waals surface area (Å²) in [6.07, 6.45) is 1.54. The molecule has 26 heavy (non-hydrogen) atoms. The van der Waals surface area contributed by atoms with E-state index in [1.807, 2.05) is 0 Å². The third-order valence-corrected chi connectivity index (χ3v) is 4.69. The van der Waals surface area contributed by atoms with Gasteiger partial charge in [0, 0.05) is 13.2 Å². The van der Waals surface area contributed by atoms with Crippen LogP contribution in [0, 0.1) is 6.92 Å². The number of rotatable bonds is 2. The molecule has 4 heterocycles. The van der Waals surface area contributed by atoms with E-state index in [0.717, 1.165) is 0 Å². The van der Waals surface area contributed by atoms with Gasteiger partial charge in [-0.05, 0) is 19.1 Å². The first-order valence-electron chi connectivity index (χ1n) is 8.17. The standard InChI is InChI=1S/C17H17N5O4/c1-10-19-12-7-21(6-11(12)17(25)20(10)2)14(23)8-22-15(24)9-26-13-4-3-5-18-16(13)22/h3-5H,6-9H2,1-2H3. The highest BCUT2D eigenvalue weighted by molar-refractivity contribution is 6.01. The third-order valence-electron chi connectivity index (χ3n) is 4.69. The molecule has 2 aliphatic rings. The van der Waals surface area contributed by atoms with Gasteiger partial charge in [-0.25, -0.2) is 9.97 Å². The Labute approximate surface area is 148 Å². The van der Waals surface area contributed by atoms with Crippen LogP contribution < -0.4 is 15.2 Å². The maximum atomic E-state index is 12.7. The number of anilines is 1. The summed E-state index contributed by atoms with van der Waals surface area (Å²) in [4.78, 5) is 48.7. The second-order valence-corrected chi connectivity index (χ2v) is 6.29. The van der Waals surface area contributed by atoms with Crippen LogP contribution >= 0.6 is 0 Å². The molecule has 0 fully saturated rings. The fourth-order valence-electron chi connectivity index (χ4n) is 3.14. The zero-order valence-corrected chi connectivity index (χ0v) is 14.4. The Morgan fingerprint density at radius 2 is 2.12 bits per heavy atom. The van der Waals surface area contributed by atoms with Gasteiger partial charge in [-0.3, -0.25) is 23.9 Å². The van der Waals surface area contributed by atoms with Crippen LogP contribution in [0.25, 0.3) is 0 Å². The van der Waals surface area contributed by atoms with Crippen molar-refractivity contribution in [1.82, 2.24) is 19.4 Å². The molecule has 2 aromatic rings. The molecule has 0 saturated heterocycles. The number of carbonyl (C=O) groups excluding carboxylic acids is 2. The van der Waals surface area contributed by atoms with Crippen LogP contribution in [0.2, 0.25) is 0 Å². The van der Waals surface area contributed by atoms with Crippen LogP contribution in [0.1, 0.15) is 17.1 Å². The highest BCUT2D eigenvalue weighted by Gasteiger charge is 2.33. The van der Waals surface area contributed by atoms with Crippen molar-refractivity contribution in [2.45, 2.75) is 20.0 Å². The molecule has 2 amide bonds. The number of amides is 2. The summed E-state index contributed by atoms with van der Waals surface area (Å²) in [5.41, 5.74) is 1.00. The van der Waals surface area contributed by atoms with E-state index in [9.17, 15) is 14.4 Å². The smallest absolute Gasteiger partial charge is 0.266 e. The van der Waals surface area contributed by atoms with Crippen molar-refractivity contribution < 1.29 is 14.3 Å². The summed E-state index contributed by atoms with van der Waals surface area (Å²) in [5.74, 6) is 0.805. The second-order valence-electron chi connectivity index (χ2n) is 6.29. The monoisotopic (exact) mass is 355 g/mol. The third kappa shape index (κ3) is 2.52. The number of pyridine rings is 1. The molecular weight excluding hydrogens is 338 g/mol. The SMILES string of the molecule is Cc1nc2c(c(=O)n1C)CN(C(=O)CN1C(=O)COc3cccnc31)C2. The Morgan fingerprint density at radius 3 is 2.92 bits per heavy atom. The average Bonchev–Trinajstić information content (AvgIpc) is 3.06. The van der Waals surface area contributed by atoms with Crippen molar-refractivity contribution in [3.63, 3.8) is 0 Å². The van der Waals surface area contributed by atoms with Crippen molar-refractivity contribution in [3.05, 3.63) is 45.8 Å². The Bertz CT molecular complexity index is 984. The van der Waals surface area contributed by atoms with E-state index >= 15 is 0 Å². The van der Waals surface area contributed by atoms with Gasteiger partial charge in [0.15, 0.2) is 18.2 Å². The topological polar surface area (TPSA) is 97.6 Å². The van der Waals surface area contributed by atoms with Gasteiger partial charge in [-0.1, -0.05) is 0 Å². The van der Waals surface area contributed by atoms with Gasteiger partial charge in [0.05, 0.1) is 24.3 Å². The first-order chi connectivity index (χ1) is 12.5. The lowest BCUT2D eigenvalue weighted by Gasteiger charge is -2.28. The highest BCUT2D eigenvalue weighted by Crippen LogP contribution is 2.29. The maximum absolute atomic E-state index is 12.7. The molecule has 0 aliphatic carbocycles. The van der Waals surface area contributed by atoms with Gasteiger partial charge in [-0.2, -0.15) is 0 Å². The van der Waals surface area contributed by atoms with E-state index < -0.39 is 0 Å². The number of aromatic nitrogens is 3. The molecule has 9 heteroatoms. The molecule has 0 aromatic carbocycles. The molecular formula is C17H17N5O4. The van der Waals surface area contributed by atoms with Gasteiger partial charge in [0.2, 0.25) is 5.91 Å². The summed E-state index contributed by atoms with van der Waals surface area (Å²) in [5, 5.41) is 0. The van der Waals surface area contributed by atoms with Crippen molar-refractivity contribution >= 4 is 17.6 Å².